The molecule has 6 nitrogen and oxygen atoms in total. The van der Waals surface area contributed by atoms with Gasteiger partial charge in [0.1, 0.15) is 0 Å². The number of anilines is 1. The molecule has 3 aliphatic rings. The Morgan fingerprint density at radius 2 is 1.63 bits per heavy atom. The third-order valence-electron chi connectivity index (χ3n) is 6.49. The van der Waals surface area contributed by atoms with Crippen molar-refractivity contribution < 1.29 is 14.4 Å². The lowest BCUT2D eigenvalue weighted by Gasteiger charge is -2.52. The Labute approximate surface area is 183 Å². The third-order valence-corrected chi connectivity index (χ3v) is 6.85. The molecule has 0 N–H and O–H groups in total. The summed E-state index contributed by atoms with van der Waals surface area (Å²) >= 11 is 6.56. The van der Waals surface area contributed by atoms with E-state index in [0.717, 1.165) is 30.6 Å². The van der Waals surface area contributed by atoms with Crippen LogP contribution in [0.3, 0.4) is 0 Å². The zero-order valence-corrected chi connectivity index (χ0v) is 18.9. The van der Waals surface area contributed by atoms with Crippen LogP contribution in [-0.2, 0) is 16.0 Å². The normalized spacial score (nSPS) is 23.1. The maximum Gasteiger partial charge on any atom is 0.333 e. The largest absolute Gasteiger partial charge is 0.367 e. The molecule has 0 aliphatic carbocycles. The van der Waals surface area contributed by atoms with Crippen LogP contribution in [0.1, 0.15) is 46.1 Å². The number of fused-ring (bicyclic) bond motifs is 4. The van der Waals surface area contributed by atoms with E-state index in [2.05, 4.69) is 4.90 Å². The minimum atomic E-state index is -1.30. The molecule has 1 aromatic rings. The second kappa shape index (κ2) is 7.56. The van der Waals surface area contributed by atoms with E-state index in [0.29, 0.717) is 18.1 Å². The van der Waals surface area contributed by atoms with Crippen molar-refractivity contribution in [1.29, 1.82) is 0 Å². The molecule has 3 aliphatic heterocycles. The van der Waals surface area contributed by atoms with Crippen LogP contribution in [-0.4, -0.2) is 53.3 Å². The van der Waals surface area contributed by atoms with Crippen LogP contribution < -0.4 is 4.90 Å². The summed E-state index contributed by atoms with van der Waals surface area (Å²) in [6.45, 7) is 9.31. The molecule has 0 radical (unpaired) electrons. The molecule has 1 aromatic carbocycles. The number of benzene rings is 1. The smallest absolute Gasteiger partial charge is 0.333 e. The average molecular weight is 432 g/mol. The van der Waals surface area contributed by atoms with Crippen LogP contribution in [0, 0.1) is 17.3 Å². The number of carbonyl (C=O) groups is 3. The Morgan fingerprint density at radius 3 is 2.20 bits per heavy atom. The van der Waals surface area contributed by atoms with Gasteiger partial charge in [-0.2, -0.15) is 0 Å². The first kappa shape index (κ1) is 21.2. The number of rotatable bonds is 4. The van der Waals surface area contributed by atoms with Crippen LogP contribution in [0.15, 0.2) is 18.2 Å². The van der Waals surface area contributed by atoms with Gasteiger partial charge in [0, 0.05) is 36.8 Å². The lowest BCUT2D eigenvalue weighted by Crippen LogP contribution is -2.72. The first-order valence-corrected chi connectivity index (χ1v) is 11.3. The first-order chi connectivity index (χ1) is 14.2. The van der Waals surface area contributed by atoms with Crippen molar-refractivity contribution in [2.24, 2.45) is 17.3 Å². The molecular formula is C23H30ClN3O3. The van der Waals surface area contributed by atoms with Gasteiger partial charge in [0.15, 0.2) is 5.41 Å². The summed E-state index contributed by atoms with van der Waals surface area (Å²) in [5, 5.41) is 0.570. The van der Waals surface area contributed by atoms with Crippen LogP contribution in [0.5, 0.6) is 0 Å². The number of hydrogen-bond acceptors (Lipinski definition) is 4. The Balaban J connectivity index is 1.89. The van der Waals surface area contributed by atoms with E-state index in [-0.39, 0.29) is 36.1 Å². The number of carbonyl (C=O) groups excluding carboxylic acids is 3. The minimum absolute atomic E-state index is 0.114. The maximum absolute atomic E-state index is 13.9. The van der Waals surface area contributed by atoms with Gasteiger partial charge in [0.25, 0.3) is 0 Å². The molecule has 0 aromatic heterocycles. The van der Waals surface area contributed by atoms with E-state index >= 15 is 0 Å². The molecule has 4 amide bonds. The quantitative estimate of drug-likeness (QED) is 0.677. The van der Waals surface area contributed by atoms with Gasteiger partial charge in [-0.05, 0) is 42.4 Å². The Morgan fingerprint density at radius 1 is 1.03 bits per heavy atom. The summed E-state index contributed by atoms with van der Waals surface area (Å²) in [6, 6.07) is 5.02. The van der Waals surface area contributed by atoms with Gasteiger partial charge in [0.05, 0.1) is 6.04 Å². The first-order valence-electron chi connectivity index (χ1n) is 10.9. The number of amides is 4. The van der Waals surface area contributed by atoms with Crippen molar-refractivity contribution in [3.8, 4) is 0 Å². The van der Waals surface area contributed by atoms with E-state index in [1.54, 1.807) is 0 Å². The van der Waals surface area contributed by atoms with E-state index < -0.39 is 11.4 Å². The summed E-state index contributed by atoms with van der Waals surface area (Å²) in [5.41, 5.74) is 0.549. The Kier molecular flexibility index (Phi) is 5.33. The predicted molar refractivity (Wildman–Crippen MR) is 116 cm³/mol. The molecule has 1 atom stereocenters. The number of halogens is 1. The lowest BCUT2D eigenvalue weighted by atomic mass is 9.68. The van der Waals surface area contributed by atoms with Crippen molar-refractivity contribution in [1.82, 2.24) is 9.80 Å². The number of hydrogen-bond donors (Lipinski definition) is 0. The van der Waals surface area contributed by atoms with Gasteiger partial charge in [0.2, 0.25) is 11.8 Å². The van der Waals surface area contributed by atoms with Crippen LogP contribution in [0.4, 0.5) is 10.5 Å². The summed E-state index contributed by atoms with van der Waals surface area (Å²) < 4.78 is 0. The van der Waals surface area contributed by atoms with Gasteiger partial charge >= 0.3 is 6.03 Å². The van der Waals surface area contributed by atoms with Gasteiger partial charge in [-0.1, -0.05) is 45.4 Å². The molecule has 0 unspecified atom stereocenters. The van der Waals surface area contributed by atoms with Crippen molar-refractivity contribution in [2.75, 3.05) is 24.5 Å². The Bertz CT molecular complexity index is 866. The summed E-state index contributed by atoms with van der Waals surface area (Å²) in [5.74, 6) is -0.478. The molecule has 0 bridgehead atoms. The van der Waals surface area contributed by atoms with E-state index in [1.165, 1.54) is 9.80 Å². The second-order valence-electron chi connectivity index (χ2n) is 9.64. The molecule has 1 spiro atoms. The van der Waals surface area contributed by atoms with Gasteiger partial charge in [-0.15, -0.1) is 0 Å². The van der Waals surface area contributed by atoms with Crippen molar-refractivity contribution in [3.05, 3.63) is 28.8 Å². The molecule has 4 rings (SSSR count). The highest BCUT2D eigenvalue weighted by Gasteiger charge is 2.65. The zero-order chi connectivity index (χ0) is 21.8. The zero-order valence-electron chi connectivity index (χ0n) is 18.2. The number of urea groups is 1. The van der Waals surface area contributed by atoms with Crippen LogP contribution in [0.25, 0.3) is 0 Å². The monoisotopic (exact) mass is 431 g/mol. The molecule has 30 heavy (non-hydrogen) atoms. The molecule has 7 heteroatoms. The van der Waals surface area contributed by atoms with Crippen LogP contribution in [0.2, 0.25) is 5.02 Å². The average Bonchev–Trinajstić information content (AvgIpc) is 3.18. The fourth-order valence-electron chi connectivity index (χ4n) is 5.34. The maximum atomic E-state index is 13.9. The fraction of sp³-hybridized carbons (Fsp3) is 0.609. The standard InChI is InChI=1S/C23H30ClN3O3/c1-14(2)12-26-20(28)23(21(29)27(22(26)30)13-15(3)4)11-16-17(24)7-5-8-18(16)25-10-6-9-19(23)25/h5,7-8,14-15,19H,6,9-13H2,1-4H3/t19-/m1/s1. The van der Waals surface area contributed by atoms with Crippen molar-refractivity contribution in [2.45, 2.75) is 53.0 Å². The SMILES string of the molecule is CC(C)CN1C(=O)N(CC(C)C)C(=O)C2(Cc3c(Cl)cccc3N3CCC[C@@H]32)C1=O. The van der Waals surface area contributed by atoms with Gasteiger partial charge in [-0.25, -0.2) is 4.79 Å². The molecule has 0 saturated carbocycles. The number of barbiturate groups is 1. The Hall–Kier alpha value is -2.08. The fourth-order valence-corrected chi connectivity index (χ4v) is 5.57. The second-order valence-corrected chi connectivity index (χ2v) is 10.0. The molecule has 3 heterocycles. The summed E-state index contributed by atoms with van der Waals surface area (Å²) in [4.78, 5) is 45.9. The highest BCUT2D eigenvalue weighted by molar-refractivity contribution is 6.32. The minimum Gasteiger partial charge on any atom is -0.367 e. The topological polar surface area (TPSA) is 60.9 Å². The van der Waals surface area contributed by atoms with Gasteiger partial charge in [-0.3, -0.25) is 19.4 Å². The molecular weight excluding hydrogens is 402 g/mol. The van der Waals surface area contributed by atoms with Crippen molar-refractivity contribution in [3.63, 3.8) is 0 Å². The number of nitrogens with zero attached hydrogens (tertiary/aromatic N) is 3. The van der Waals surface area contributed by atoms with E-state index in [4.69, 9.17) is 11.6 Å². The number of imide groups is 2. The van der Waals surface area contributed by atoms with Crippen LogP contribution >= 0.6 is 11.6 Å². The predicted octanol–water partition coefficient (Wildman–Crippen LogP) is 3.95. The molecule has 2 fully saturated rings. The molecule has 162 valence electrons. The van der Waals surface area contributed by atoms with Crippen molar-refractivity contribution >= 4 is 35.1 Å². The molecule has 2 saturated heterocycles. The summed E-state index contributed by atoms with van der Waals surface area (Å²) in [7, 11) is 0. The summed E-state index contributed by atoms with van der Waals surface area (Å²) in [6.07, 6.45) is 1.90. The third kappa shape index (κ3) is 3.03. The highest BCUT2D eigenvalue weighted by atomic mass is 35.5. The van der Waals surface area contributed by atoms with E-state index in [9.17, 15) is 14.4 Å². The highest BCUT2D eigenvalue weighted by Crippen LogP contribution is 2.51. The lowest BCUT2D eigenvalue weighted by molar-refractivity contribution is -0.161. The van der Waals surface area contributed by atoms with Gasteiger partial charge < -0.3 is 4.90 Å². The van der Waals surface area contributed by atoms with E-state index in [1.807, 2.05) is 45.9 Å².